The summed E-state index contributed by atoms with van der Waals surface area (Å²) in [5.41, 5.74) is 1.09. The molecular weight excluding hydrogens is 366 g/mol. The molecule has 150 valence electrons. The number of pyridine rings is 1. The smallest absolute Gasteiger partial charge is 0.258 e. The lowest BCUT2D eigenvalue weighted by Gasteiger charge is -2.55. The molecule has 3 aliphatic carbocycles. The highest BCUT2D eigenvalue weighted by Crippen LogP contribution is 2.52. The maximum atomic E-state index is 12.9. The van der Waals surface area contributed by atoms with Gasteiger partial charge in [-0.15, -0.1) is 0 Å². The number of carbonyl (C=O) groups excluding carboxylic acids is 2. The van der Waals surface area contributed by atoms with E-state index in [0.717, 1.165) is 25.7 Å². The quantitative estimate of drug-likeness (QED) is 0.840. The second-order valence-electron chi connectivity index (χ2n) is 8.42. The third-order valence-corrected chi connectivity index (χ3v) is 6.77. The molecule has 1 spiro atoms. The number of amides is 2. The molecular formula is C23H25N3O3. The van der Waals surface area contributed by atoms with Crippen LogP contribution >= 0.6 is 0 Å². The number of nitrogens with zero attached hydrogens (tertiary/aromatic N) is 1. The van der Waals surface area contributed by atoms with Crippen LogP contribution < -0.4 is 15.4 Å². The minimum Gasteiger partial charge on any atom is -0.467 e. The van der Waals surface area contributed by atoms with Crippen LogP contribution in [0.1, 0.15) is 41.6 Å². The number of aromatic nitrogens is 1. The van der Waals surface area contributed by atoms with Gasteiger partial charge in [-0.2, -0.15) is 0 Å². The van der Waals surface area contributed by atoms with E-state index in [1.807, 2.05) is 30.3 Å². The maximum Gasteiger partial charge on any atom is 0.258 e. The Morgan fingerprint density at radius 3 is 2.83 bits per heavy atom. The average molecular weight is 391 g/mol. The Labute approximate surface area is 170 Å². The molecule has 2 heterocycles. The maximum absolute atomic E-state index is 12.9. The number of carbonyl (C=O) groups is 2. The van der Waals surface area contributed by atoms with Gasteiger partial charge in [0.15, 0.2) is 5.72 Å². The normalized spacial score (nSPS) is 29.7. The lowest BCUT2D eigenvalue weighted by Crippen LogP contribution is -2.66. The summed E-state index contributed by atoms with van der Waals surface area (Å²) in [4.78, 5) is 29.5. The van der Waals surface area contributed by atoms with Gasteiger partial charge in [0.25, 0.3) is 5.91 Å². The van der Waals surface area contributed by atoms with Crippen molar-refractivity contribution in [1.82, 2.24) is 15.6 Å². The highest BCUT2D eigenvalue weighted by Gasteiger charge is 2.57. The van der Waals surface area contributed by atoms with Gasteiger partial charge in [0.1, 0.15) is 5.75 Å². The Hall–Kier alpha value is -2.89. The van der Waals surface area contributed by atoms with E-state index in [0.29, 0.717) is 24.3 Å². The van der Waals surface area contributed by atoms with Gasteiger partial charge in [0.05, 0.1) is 5.56 Å². The summed E-state index contributed by atoms with van der Waals surface area (Å²) < 4.78 is 6.36. The summed E-state index contributed by atoms with van der Waals surface area (Å²) in [5.74, 6) is 1.09. The predicted molar refractivity (Wildman–Crippen MR) is 107 cm³/mol. The van der Waals surface area contributed by atoms with Crippen molar-refractivity contribution >= 4 is 11.8 Å². The van der Waals surface area contributed by atoms with Crippen LogP contribution in [0.3, 0.4) is 0 Å². The molecule has 6 rings (SSSR count). The second kappa shape index (κ2) is 7.17. The first-order valence-corrected chi connectivity index (χ1v) is 10.4. The SMILES string of the molecule is O=C1N[C@@]2(C[C@H]3CC[C@H]2C[C@H]3C(=O)NCCc2ccncc2)Oc2ccccc21. The minimum atomic E-state index is -0.665. The number of hydrogen-bond acceptors (Lipinski definition) is 4. The molecule has 1 aliphatic heterocycles. The van der Waals surface area contributed by atoms with Crippen molar-refractivity contribution in [3.05, 3.63) is 59.9 Å². The monoisotopic (exact) mass is 391 g/mol. The molecule has 2 N–H and O–H groups in total. The van der Waals surface area contributed by atoms with Gasteiger partial charge in [0, 0.05) is 37.2 Å². The lowest BCUT2D eigenvalue weighted by molar-refractivity contribution is -0.146. The molecule has 2 amide bonds. The third-order valence-electron chi connectivity index (χ3n) is 6.77. The number of ether oxygens (including phenoxy) is 1. The van der Waals surface area contributed by atoms with Crippen molar-refractivity contribution in [2.75, 3.05) is 6.54 Å². The number of nitrogens with one attached hydrogen (secondary N) is 2. The molecule has 2 aromatic rings. The summed E-state index contributed by atoms with van der Waals surface area (Å²) in [5, 5.41) is 6.26. The van der Waals surface area contributed by atoms with Crippen LogP contribution in [0.4, 0.5) is 0 Å². The molecule has 4 atom stereocenters. The Morgan fingerprint density at radius 1 is 1.21 bits per heavy atom. The van der Waals surface area contributed by atoms with Crippen LogP contribution in [0.2, 0.25) is 0 Å². The van der Waals surface area contributed by atoms with Gasteiger partial charge in [-0.05, 0) is 61.4 Å². The van der Waals surface area contributed by atoms with Crippen molar-refractivity contribution in [2.45, 2.75) is 37.8 Å². The fourth-order valence-electron chi connectivity index (χ4n) is 5.29. The van der Waals surface area contributed by atoms with Gasteiger partial charge >= 0.3 is 0 Å². The van der Waals surface area contributed by atoms with Crippen LogP contribution in [0.25, 0.3) is 0 Å². The molecule has 1 aromatic carbocycles. The number of rotatable bonds is 4. The van der Waals surface area contributed by atoms with E-state index >= 15 is 0 Å². The Morgan fingerprint density at radius 2 is 2.03 bits per heavy atom. The van der Waals surface area contributed by atoms with Gasteiger partial charge in [-0.1, -0.05) is 12.1 Å². The zero-order valence-corrected chi connectivity index (χ0v) is 16.3. The first-order valence-electron chi connectivity index (χ1n) is 10.4. The number of para-hydroxylation sites is 1. The molecule has 3 fully saturated rings. The zero-order valence-electron chi connectivity index (χ0n) is 16.3. The summed E-state index contributed by atoms with van der Waals surface area (Å²) in [6, 6.07) is 11.3. The van der Waals surface area contributed by atoms with Gasteiger partial charge in [-0.3, -0.25) is 14.6 Å². The molecule has 0 unspecified atom stereocenters. The van der Waals surface area contributed by atoms with E-state index in [1.54, 1.807) is 18.5 Å². The fourth-order valence-corrected chi connectivity index (χ4v) is 5.29. The van der Waals surface area contributed by atoms with E-state index in [1.165, 1.54) is 5.56 Å². The van der Waals surface area contributed by atoms with E-state index in [2.05, 4.69) is 15.6 Å². The van der Waals surface area contributed by atoms with Gasteiger partial charge in [-0.25, -0.2) is 0 Å². The van der Waals surface area contributed by atoms with Crippen LogP contribution in [-0.2, 0) is 11.2 Å². The Bertz CT molecular complexity index is 932. The van der Waals surface area contributed by atoms with E-state index in [9.17, 15) is 9.59 Å². The topological polar surface area (TPSA) is 80.3 Å². The minimum absolute atomic E-state index is 0.00510. The van der Waals surface area contributed by atoms with Gasteiger partial charge in [0.2, 0.25) is 5.91 Å². The van der Waals surface area contributed by atoms with Crippen LogP contribution in [0, 0.1) is 17.8 Å². The summed E-state index contributed by atoms with van der Waals surface area (Å²) in [6.45, 7) is 0.627. The summed E-state index contributed by atoms with van der Waals surface area (Å²) in [7, 11) is 0. The van der Waals surface area contributed by atoms with Crippen molar-refractivity contribution < 1.29 is 14.3 Å². The highest BCUT2D eigenvalue weighted by atomic mass is 16.5. The van der Waals surface area contributed by atoms with E-state index in [4.69, 9.17) is 4.74 Å². The summed E-state index contributed by atoms with van der Waals surface area (Å²) >= 11 is 0. The highest BCUT2D eigenvalue weighted by molar-refractivity contribution is 5.98. The zero-order chi connectivity index (χ0) is 19.8. The van der Waals surface area contributed by atoms with Crippen molar-refractivity contribution in [1.29, 1.82) is 0 Å². The first kappa shape index (κ1) is 18.2. The Kier molecular flexibility index (Phi) is 4.49. The van der Waals surface area contributed by atoms with Gasteiger partial charge < -0.3 is 15.4 Å². The molecule has 29 heavy (non-hydrogen) atoms. The molecule has 3 saturated carbocycles. The largest absolute Gasteiger partial charge is 0.467 e. The van der Waals surface area contributed by atoms with Crippen molar-refractivity contribution in [3.8, 4) is 5.75 Å². The molecule has 0 radical (unpaired) electrons. The second-order valence-corrected chi connectivity index (χ2v) is 8.42. The molecule has 2 bridgehead atoms. The standard InChI is InChI=1S/C23H25N3O3/c27-21(25-12-9-15-7-10-24-11-8-15)19-13-17-6-5-16(19)14-23(17)26-22(28)18-3-1-2-4-20(18)29-23/h1-4,7-8,10-11,16-17,19H,5-6,9,12-14H2,(H,25,27)(H,26,28)/t16-,17+,19-,23+/m1/s1. The Balaban J connectivity index is 1.25. The number of hydrogen-bond donors (Lipinski definition) is 2. The fraction of sp³-hybridized carbons (Fsp3) is 0.435. The van der Waals surface area contributed by atoms with Crippen LogP contribution in [-0.4, -0.2) is 29.1 Å². The lowest BCUT2D eigenvalue weighted by atomic mass is 9.60. The molecule has 0 saturated heterocycles. The molecule has 1 aromatic heterocycles. The van der Waals surface area contributed by atoms with Crippen molar-refractivity contribution in [2.24, 2.45) is 17.8 Å². The number of fused-ring (bicyclic) bond motifs is 3. The first-order chi connectivity index (χ1) is 14.1. The van der Waals surface area contributed by atoms with Crippen LogP contribution in [0.5, 0.6) is 5.75 Å². The average Bonchev–Trinajstić information content (AvgIpc) is 2.75. The summed E-state index contributed by atoms with van der Waals surface area (Å²) in [6.07, 6.45) is 7.79. The van der Waals surface area contributed by atoms with Crippen LogP contribution in [0.15, 0.2) is 48.8 Å². The predicted octanol–water partition coefficient (Wildman–Crippen LogP) is 2.70. The van der Waals surface area contributed by atoms with Crippen molar-refractivity contribution in [3.63, 3.8) is 0 Å². The van der Waals surface area contributed by atoms with E-state index in [-0.39, 0.29) is 29.6 Å². The molecule has 6 heteroatoms. The third kappa shape index (κ3) is 3.26. The number of benzene rings is 1. The van der Waals surface area contributed by atoms with E-state index < -0.39 is 5.72 Å². The molecule has 6 nitrogen and oxygen atoms in total. The molecule has 4 aliphatic rings.